The van der Waals surface area contributed by atoms with Gasteiger partial charge in [0.25, 0.3) is 0 Å². The van der Waals surface area contributed by atoms with E-state index < -0.39 is 11.7 Å². The van der Waals surface area contributed by atoms with E-state index in [1.807, 2.05) is 19.2 Å². The molecule has 1 aliphatic rings. The maximum Gasteiger partial charge on any atom is 0.418 e. The van der Waals surface area contributed by atoms with Crippen molar-refractivity contribution in [2.24, 2.45) is 0 Å². The zero-order valence-electron chi connectivity index (χ0n) is 13.3. The number of hydrogen-bond donors (Lipinski definition) is 0. The highest BCUT2D eigenvalue weighted by Gasteiger charge is 2.33. The smallest absolute Gasteiger partial charge is 0.264 e. The van der Waals surface area contributed by atoms with Gasteiger partial charge in [0, 0.05) is 17.8 Å². The standard InChI is InChI=1S/C17H20F3N3/c1-11-14(17(18,19)20)7-8-15(21-11)12(2)23-10-9-16(22-23)13-5-3-4-6-13/h7-10,12-13H,3-6H2,1-2H3. The van der Waals surface area contributed by atoms with Crippen molar-refractivity contribution in [2.75, 3.05) is 0 Å². The van der Waals surface area contributed by atoms with E-state index in [4.69, 9.17) is 0 Å². The summed E-state index contributed by atoms with van der Waals surface area (Å²) in [5.41, 5.74) is 1.00. The maximum absolute atomic E-state index is 12.8. The van der Waals surface area contributed by atoms with Crippen LogP contribution in [0.5, 0.6) is 0 Å². The summed E-state index contributed by atoms with van der Waals surface area (Å²) in [4.78, 5) is 4.14. The van der Waals surface area contributed by atoms with E-state index >= 15 is 0 Å². The minimum absolute atomic E-state index is 0.00465. The first kappa shape index (κ1) is 16.0. The summed E-state index contributed by atoms with van der Waals surface area (Å²) in [6, 6.07) is 4.38. The van der Waals surface area contributed by atoms with Crippen LogP contribution in [-0.4, -0.2) is 14.8 Å². The second kappa shape index (κ2) is 5.98. The Labute approximate surface area is 133 Å². The Morgan fingerprint density at radius 2 is 1.87 bits per heavy atom. The molecule has 0 aliphatic heterocycles. The highest BCUT2D eigenvalue weighted by atomic mass is 19.4. The lowest BCUT2D eigenvalue weighted by molar-refractivity contribution is -0.138. The maximum atomic E-state index is 12.8. The predicted octanol–water partition coefficient (Wildman–Crippen LogP) is 4.87. The van der Waals surface area contributed by atoms with E-state index in [1.165, 1.54) is 38.7 Å². The fourth-order valence-corrected chi connectivity index (χ4v) is 3.26. The number of halogens is 3. The van der Waals surface area contributed by atoms with Gasteiger partial charge in [-0.1, -0.05) is 12.8 Å². The Hall–Kier alpha value is -1.85. The molecule has 1 aliphatic carbocycles. The van der Waals surface area contributed by atoms with Crippen LogP contribution in [0.3, 0.4) is 0 Å². The average molecular weight is 323 g/mol. The summed E-state index contributed by atoms with van der Waals surface area (Å²) in [5.74, 6) is 0.519. The van der Waals surface area contributed by atoms with Gasteiger partial charge >= 0.3 is 6.18 Å². The van der Waals surface area contributed by atoms with Crippen LogP contribution in [0.1, 0.15) is 67.2 Å². The van der Waals surface area contributed by atoms with Crippen molar-refractivity contribution in [1.29, 1.82) is 0 Å². The van der Waals surface area contributed by atoms with Crippen LogP contribution in [0.25, 0.3) is 0 Å². The molecule has 1 atom stereocenters. The van der Waals surface area contributed by atoms with E-state index in [0.29, 0.717) is 11.6 Å². The zero-order valence-corrected chi connectivity index (χ0v) is 13.3. The van der Waals surface area contributed by atoms with Gasteiger partial charge in [0.05, 0.1) is 23.0 Å². The van der Waals surface area contributed by atoms with Gasteiger partial charge in [-0.3, -0.25) is 9.67 Å². The molecule has 2 aromatic rings. The van der Waals surface area contributed by atoms with Crippen molar-refractivity contribution in [3.8, 4) is 0 Å². The minimum Gasteiger partial charge on any atom is -0.264 e. The van der Waals surface area contributed by atoms with Crippen LogP contribution >= 0.6 is 0 Å². The molecule has 1 unspecified atom stereocenters. The fourth-order valence-electron chi connectivity index (χ4n) is 3.26. The molecule has 1 saturated carbocycles. The predicted molar refractivity (Wildman–Crippen MR) is 81.2 cm³/mol. The van der Waals surface area contributed by atoms with Crippen LogP contribution < -0.4 is 0 Å². The summed E-state index contributed by atoms with van der Waals surface area (Å²) in [5, 5.41) is 4.62. The number of alkyl halides is 3. The van der Waals surface area contributed by atoms with Crippen LogP contribution in [0.2, 0.25) is 0 Å². The van der Waals surface area contributed by atoms with Crippen LogP contribution in [0.4, 0.5) is 13.2 Å². The van der Waals surface area contributed by atoms with Gasteiger partial charge < -0.3 is 0 Å². The molecule has 0 amide bonds. The zero-order chi connectivity index (χ0) is 16.6. The Kier molecular flexibility index (Phi) is 4.17. The van der Waals surface area contributed by atoms with E-state index in [2.05, 4.69) is 10.1 Å². The monoisotopic (exact) mass is 323 g/mol. The van der Waals surface area contributed by atoms with Crippen molar-refractivity contribution < 1.29 is 13.2 Å². The number of pyridine rings is 1. The number of aryl methyl sites for hydroxylation is 1. The Morgan fingerprint density at radius 1 is 1.17 bits per heavy atom. The Morgan fingerprint density at radius 3 is 2.48 bits per heavy atom. The second-order valence-corrected chi connectivity index (χ2v) is 6.24. The Balaban J connectivity index is 1.83. The first-order chi connectivity index (χ1) is 10.9. The third-order valence-electron chi connectivity index (χ3n) is 4.64. The van der Waals surface area contributed by atoms with Crippen molar-refractivity contribution in [1.82, 2.24) is 14.8 Å². The van der Waals surface area contributed by atoms with Gasteiger partial charge in [-0.2, -0.15) is 18.3 Å². The molecule has 0 bridgehead atoms. The quantitative estimate of drug-likeness (QED) is 0.806. The molecular weight excluding hydrogens is 303 g/mol. The largest absolute Gasteiger partial charge is 0.418 e. The number of hydrogen-bond acceptors (Lipinski definition) is 2. The van der Waals surface area contributed by atoms with Crippen LogP contribution in [0, 0.1) is 6.92 Å². The van der Waals surface area contributed by atoms with Gasteiger partial charge in [-0.15, -0.1) is 0 Å². The summed E-state index contributed by atoms with van der Waals surface area (Å²) in [6.07, 6.45) is 2.36. The van der Waals surface area contributed by atoms with E-state index in [1.54, 1.807) is 4.68 Å². The molecule has 0 spiro atoms. The van der Waals surface area contributed by atoms with Gasteiger partial charge in [0.1, 0.15) is 0 Å². The van der Waals surface area contributed by atoms with Crippen molar-refractivity contribution in [3.63, 3.8) is 0 Å². The lowest BCUT2D eigenvalue weighted by Gasteiger charge is -2.15. The molecule has 23 heavy (non-hydrogen) atoms. The summed E-state index contributed by atoms with van der Waals surface area (Å²) >= 11 is 0. The molecule has 124 valence electrons. The number of aromatic nitrogens is 3. The first-order valence-electron chi connectivity index (χ1n) is 7.96. The topological polar surface area (TPSA) is 30.7 Å². The Bertz CT molecular complexity index is 685. The van der Waals surface area contributed by atoms with Gasteiger partial charge in [-0.05, 0) is 44.9 Å². The lowest BCUT2D eigenvalue weighted by Crippen LogP contribution is -2.14. The molecule has 1 fully saturated rings. The van der Waals surface area contributed by atoms with E-state index in [-0.39, 0.29) is 11.7 Å². The number of nitrogens with zero attached hydrogens (tertiary/aromatic N) is 3. The lowest BCUT2D eigenvalue weighted by atomic mass is 10.1. The summed E-state index contributed by atoms with van der Waals surface area (Å²) in [6.45, 7) is 3.30. The third-order valence-corrected chi connectivity index (χ3v) is 4.64. The highest BCUT2D eigenvalue weighted by Crippen LogP contribution is 2.34. The molecule has 3 nitrogen and oxygen atoms in total. The fraction of sp³-hybridized carbons (Fsp3) is 0.529. The summed E-state index contributed by atoms with van der Waals surface area (Å²) in [7, 11) is 0. The van der Waals surface area contributed by atoms with E-state index in [0.717, 1.165) is 11.8 Å². The van der Waals surface area contributed by atoms with Crippen molar-refractivity contribution in [2.45, 2.75) is 57.7 Å². The highest BCUT2D eigenvalue weighted by molar-refractivity contribution is 5.26. The number of rotatable bonds is 3. The molecule has 0 N–H and O–H groups in total. The van der Waals surface area contributed by atoms with Crippen molar-refractivity contribution in [3.05, 3.63) is 47.0 Å². The molecule has 3 rings (SSSR count). The van der Waals surface area contributed by atoms with Crippen molar-refractivity contribution >= 4 is 0 Å². The minimum atomic E-state index is -4.36. The summed E-state index contributed by atoms with van der Waals surface area (Å²) < 4.78 is 40.3. The SMILES string of the molecule is Cc1nc(C(C)n2ccc(C3CCCC3)n2)ccc1C(F)(F)F. The first-order valence-corrected chi connectivity index (χ1v) is 7.96. The van der Waals surface area contributed by atoms with Gasteiger partial charge in [0.2, 0.25) is 0 Å². The normalized spacial score (nSPS) is 17.6. The third kappa shape index (κ3) is 3.26. The van der Waals surface area contributed by atoms with Crippen LogP contribution in [-0.2, 0) is 6.18 Å². The molecule has 0 radical (unpaired) electrons. The molecule has 2 aromatic heterocycles. The van der Waals surface area contributed by atoms with E-state index in [9.17, 15) is 13.2 Å². The van der Waals surface area contributed by atoms with Crippen LogP contribution in [0.15, 0.2) is 24.4 Å². The molecule has 0 saturated heterocycles. The van der Waals surface area contributed by atoms with Gasteiger partial charge in [-0.25, -0.2) is 0 Å². The average Bonchev–Trinajstić information content (AvgIpc) is 3.15. The second-order valence-electron chi connectivity index (χ2n) is 6.24. The van der Waals surface area contributed by atoms with Gasteiger partial charge in [0.15, 0.2) is 0 Å². The molecule has 2 heterocycles. The molecule has 6 heteroatoms. The molecule has 0 aromatic carbocycles. The molecular formula is C17H20F3N3.